The van der Waals surface area contributed by atoms with E-state index in [0.29, 0.717) is 0 Å². The molecule has 1 N–H and O–H groups in total. The Morgan fingerprint density at radius 1 is 0.750 bits per heavy atom. The Balaban J connectivity index is 1.79. The molecule has 0 aromatic heterocycles. The largest absolute Gasteiger partial charge is 0.381 e. The first-order valence-corrected chi connectivity index (χ1v) is 7.00. The van der Waals surface area contributed by atoms with Crippen molar-refractivity contribution < 1.29 is 0 Å². The second-order valence-electron chi connectivity index (χ2n) is 5.41. The molecule has 3 aromatic carbocycles. The zero-order valence-electron chi connectivity index (χ0n) is 12.0. The van der Waals surface area contributed by atoms with E-state index >= 15 is 0 Å². The van der Waals surface area contributed by atoms with Crippen molar-refractivity contribution in [3.8, 4) is 0 Å². The van der Waals surface area contributed by atoms with Gasteiger partial charge in [0, 0.05) is 12.2 Å². The molecular weight excluding hydrogens is 242 g/mol. The lowest BCUT2D eigenvalue weighted by Crippen LogP contribution is -2.00. The summed E-state index contributed by atoms with van der Waals surface area (Å²) >= 11 is 0. The Hall–Kier alpha value is -2.28. The maximum absolute atomic E-state index is 3.51. The van der Waals surface area contributed by atoms with Crippen LogP contribution in [0, 0.1) is 13.8 Å². The third-order valence-electron chi connectivity index (χ3n) is 3.53. The molecule has 1 heteroatoms. The van der Waals surface area contributed by atoms with Crippen molar-refractivity contribution in [1.82, 2.24) is 0 Å². The van der Waals surface area contributed by atoms with Crippen LogP contribution in [0.4, 0.5) is 5.69 Å². The van der Waals surface area contributed by atoms with Crippen LogP contribution in [0.15, 0.2) is 60.7 Å². The average Bonchev–Trinajstić information content (AvgIpc) is 2.44. The van der Waals surface area contributed by atoms with Crippen LogP contribution in [0.1, 0.15) is 16.7 Å². The van der Waals surface area contributed by atoms with Crippen molar-refractivity contribution in [2.75, 3.05) is 5.32 Å². The Kier molecular flexibility index (Phi) is 3.42. The predicted octanol–water partition coefficient (Wildman–Crippen LogP) is 5.07. The van der Waals surface area contributed by atoms with Gasteiger partial charge in [-0.15, -0.1) is 0 Å². The molecule has 0 aliphatic heterocycles. The molecule has 0 aliphatic rings. The highest BCUT2D eigenvalue weighted by atomic mass is 14.9. The first-order valence-electron chi connectivity index (χ1n) is 7.00. The number of nitrogens with one attached hydrogen (secondary N) is 1. The summed E-state index contributed by atoms with van der Waals surface area (Å²) < 4.78 is 0. The van der Waals surface area contributed by atoms with Gasteiger partial charge in [-0.1, -0.05) is 59.7 Å². The quantitative estimate of drug-likeness (QED) is 0.694. The molecule has 20 heavy (non-hydrogen) atoms. The van der Waals surface area contributed by atoms with Gasteiger partial charge in [0.25, 0.3) is 0 Å². The maximum Gasteiger partial charge on any atom is 0.0400 e. The van der Waals surface area contributed by atoms with Gasteiger partial charge in [0.1, 0.15) is 0 Å². The molecule has 0 heterocycles. The van der Waals surface area contributed by atoms with E-state index in [1.807, 2.05) is 0 Å². The minimum atomic E-state index is 0.862. The SMILES string of the molecule is Cc1cc(C)cc(CNc2ccc3ccccc3c2)c1. The highest BCUT2D eigenvalue weighted by molar-refractivity contribution is 5.85. The third-order valence-corrected chi connectivity index (χ3v) is 3.53. The molecule has 0 saturated heterocycles. The summed E-state index contributed by atoms with van der Waals surface area (Å²) in [5.74, 6) is 0. The fourth-order valence-electron chi connectivity index (χ4n) is 2.67. The minimum Gasteiger partial charge on any atom is -0.381 e. The van der Waals surface area contributed by atoms with Crippen molar-refractivity contribution in [2.45, 2.75) is 20.4 Å². The van der Waals surface area contributed by atoms with Gasteiger partial charge in [-0.25, -0.2) is 0 Å². The van der Waals surface area contributed by atoms with Gasteiger partial charge in [0.2, 0.25) is 0 Å². The molecule has 1 nitrogen and oxygen atoms in total. The lowest BCUT2D eigenvalue weighted by molar-refractivity contribution is 1.13. The number of rotatable bonds is 3. The maximum atomic E-state index is 3.51. The molecular formula is C19H19N. The van der Waals surface area contributed by atoms with Crippen molar-refractivity contribution in [1.29, 1.82) is 0 Å². The number of benzene rings is 3. The fourth-order valence-corrected chi connectivity index (χ4v) is 2.67. The van der Waals surface area contributed by atoms with E-state index in [2.05, 4.69) is 79.8 Å². The smallest absolute Gasteiger partial charge is 0.0400 e. The first-order chi connectivity index (χ1) is 9.70. The zero-order valence-corrected chi connectivity index (χ0v) is 12.0. The van der Waals surface area contributed by atoms with E-state index < -0.39 is 0 Å². The summed E-state index contributed by atoms with van der Waals surface area (Å²) in [5, 5.41) is 6.07. The number of aryl methyl sites for hydroxylation is 2. The van der Waals surface area contributed by atoms with Gasteiger partial charge in [-0.3, -0.25) is 0 Å². The predicted molar refractivity (Wildman–Crippen MR) is 87.2 cm³/mol. The van der Waals surface area contributed by atoms with Crippen molar-refractivity contribution in [3.05, 3.63) is 77.4 Å². The molecule has 0 fully saturated rings. The van der Waals surface area contributed by atoms with E-state index in [0.717, 1.165) is 6.54 Å². The molecule has 0 unspecified atom stereocenters. The van der Waals surface area contributed by atoms with Gasteiger partial charge in [-0.05, 0) is 42.3 Å². The van der Waals surface area contributed by atoms with E-state index in [9.17, 15) is 0 Å². The lowest BCUT2D eigenvalue weighted by Gasteiger charge is -2.09. The Morgan fingerprint density at radius 2 is 1.45 bits per heavy atom. The molecule has 0 saturated carbocycles. The summed E-state index contributed by atoms with van der Waals surface area (Å²) in [6.45, 7) is 5.15. The molecule has 0 bridgehead atoms. The van der Waals surface area contributed by atoms with Crippen LogP contribution in [0.2, 0.25) is 0 Å². The van der Waals surface area contributed by atoms with Crippen LogP contribution in [0.25, 0.3) is 10.8 Å². The van der Waals surface area contributed by atoms with Crippen LogP contribution in [-0.4, -0.2) is 0 Å². The van der Waals surface area contributed by atoms with E-state index in [1.54, 1.807) is 0 Å². The van der Waals surface area contributed by atoms with Crippen LogP contribution in [-0.2, 0) is 6.54 Å². The van der Waals surface area contributed by atoms with Crippen molar-refractivity contribution in [2.24, 2.45) is 0 Å². The van der Waals surface area contributed by atoms with Gasteiger partial charge in [0.05, 0.1) is 0 Å². The van der Waals surface area contributed by atoms with Gasteiger partial charge in [0.15, 0.2) is 0 Å². The molecule has 0 aliphatic carbocycles. The minimum absolute atomic E-state index is 0.862. The first kappa shape index (κ1) is 12.7. The van der Waals surface area contributed by atoms with E-state index in [1.165, 1.54) is 33.2 Å². The normalized spacial score (nSPS) is 10.7. The molecule has 3 aromatic rings. The fraction of sp³-hybridized carbons (Fsp3) is 0.158. The molecule has 0 atom stereocenters. The van der Waals surface area contributed by atoms with Gasteiger partial charge < -0.3 is 5.32 Å². The van der Waals surface area contributed by atoms with Crippen LogP contribution in [0.3, 0.4) is 0 Å². The molecule has 0 amide bonds. The highest BCUT2D eigenvalue weighted by Crippen LogP contribution is 2.19. The van der Waals surface area contributed by atoms with Crippen LogP contribution < -0.4 is 5.32 Å². The Labute approximate surface area is 120 Å². The van der Waals surface area contributed by atoms with Crippen molar-refractivity contribution in [3.63, 3.8) is 0 Å². The Bertz CT molecular complexity index is 723. The standard InChI is InChI=1S/C19H19N/c1-14-9-15(2)11-16(10-14)13-20-19-8-7-17-5-3-4-6-18(17)12-19/h3-12,20H,13H2,1-2H3. The summed E-state index contributed by atoms with van der Waals surface area (Å²) in [4.78, 5) is 0. The van der Waals surface area contributed by atoms with Crippen molar-refractivity contribution >= 4 is 16.5 Å². The number of hydrogen-bond donors (Lipinski definition) is 1. The monoisotopic (exact) mass is 261 g/mol. The number of hydrogen-bond acceptors (Lipinski definition) is 1. The molecule has 0 spiro atoms. The zero-order chi connectivity index (χ0) is 13.9. The van der Waals surface area contributed by atoms with Gasteiger partial charge in [-0.2, -0.15) is 0 Å². The second kappa shape index (κ2) is 5.38. The Morgan fingerprint density at radius 3 is 2.20 bits per heavy atom. The summed E-state index contributed by atoms with van der Waals surface area (Å²) in [7, 11) is 0. The van der Waals surface area contributed by atoms with E-state index in [-0.39, 0.29) is 0 Å². The van der Waals surface area contributed by atoms with E-state index in [4.69, 9.17) is 0 Å². The summed E-state index contributed by atoms with van der Waals surface area (Å²) in [5.41, 5.74) is 5.14. The lowest BCUT2D eigenvalue weighted by atomic mass is 10.1. The molecule has 100 valence electrons. The summed E-state index contributed by atoms with van der Waals surface area (Å²) in [6.07, 6.45) is 0. The average molecular weight is 261 g/mol. The van der Waals surface area contributed by atoms with Crippen LogP contribution in [0.5, 0.6) is 0 Å². The van der Waals surface area contributed by atoms with Gasteiger partial charge >= 0.3 is 0 Å². The van der Waals surface area contributed by atoms with Crippen LogP contribution >= 0.6 is 0 Å². The number of fused-ring (bicyclic) bond motifs is 1. The molecule has 3 rings (SSSR count). The second-order valence-corrected chi connectivity index (χ2v) is 5.41. The molecule has 0 radical (unpaired) electrons. The highest BCUT2D eigenvalue weighted by Gasteiger charge is 1.98. The third kappa shape index (κ3) is 2.83. The number of anilines is 1. The summed E-state index contributed by atoms with van der Waals surface area (Å²) in [6, 6.07) is 21.6. The topological polar surface area (TPSA) is 12.0 Å².